The highest BCUT2D eigenvalue weighted by molar-refractivity contribution is 14.1. The molecule has 0 aliphatic carbocycles. The van der Waals surface area contributed by atoms with Crippen LogP contribution >= 0.6 is 22.6 Å². The molecule has 6 heteroatoms. The molecule has 16 heavy (non-hydrogen) atoms. The highest BCUT2D eigenvalue weighted by atomic mass is 127. The molecule has 2 amide bonds. The summed E-state index contributed by atoms with van der Waals surface area (Å²) in [5.41, 5.74) is 0. The number of hydrogen-bond acceptors (Lipinski definition) is 3. The summed E-state index contributed by atoms with van der Waals surface area (Å²) in [6, 6.07) is -0.461. The number of aliphatic hydroxyl groups excluding tert-OH is 1. The van der Waals surface area contributed by atoms with Crippen molar-refractivity contribution in [3.05, 3.63) is 22.3 Å². The Bertz CT molecular complexity index is 345. The second-order valence-electron chi connectivity index (χ2n) is 3.66. The average Bonchev–Trinajstić information content (AvgIpc) is 2.57. The topological polar surface area (TPSA) is 53.0 Å². The van der Waals surface area contributed by atoms with Crippen LogP contribution in [0.1, 0.15) is 0 Å². The Balaban J connectivity index is 2.18. The van der Waals surface area contributed by atoms with E-state index in [4.69, 9.17) is 4.84 Å². The maximum atomic E-state index is 12.0. The average molecular weight is 336 g/mol. The van der Waals surface area contributed by atoms with E-state index < -0.39 is 0 Å². The van der Waals surface area contributed by atoms with Gasteiger partial charge in [0.15, 0.2) is 0 Å². The number of rotatable bonds is 4. The SMILES string of the molecule is C=CCON1C(=O)N2C[C@H]1C(I)=C[C@H]2CO. The molecule has 2 rings (SSSR count). The van der Waals surface area contributed by atoms with Crippen LogP contribution in [-0.2, 0) is 4.84 Å². The first-order chi connectivity index (χ1) is 7.69. The molecule has 0 spiro atoms. The Labute approximate surface area is 107 Å². The summed E-state index contributed by atoms with van der Waals surface area (Å²) < 4.78 is 1.03. The number of amides is 2. The first-order valence-electron chi connectivity index (χ1n) is 5.00. The van der Waals surface area contributed by atoms with Crippen LogP contribution in [0.3, 0.4) is 0 Å². The second-order valence-corrected chi connectivity index (χ2v) is 4.91. The van der Waals surface area contributed by atoms with Crippen LogP contribution in [0, 0.1) is 0 Å². The third-order valence-corrected chi connectivity index (χ3v) is 3.75. The van der Waals surface area contributed by atoms with Crippen molar-refractivity contribution in [3.63, 3.8) is 0 Å². The largest absolute Gasteiger partial charge is 0.394 e. The van der Waals surface area contributed by atoms with E-state index in [1.807, 2.05) is 6.08 Å². The molecule has 1 saturated heterocycles. The van der Waals surface area contributed by atoms with Crippen molar-refractivity contribution in [2.24, 2.45) is 0 Å². The predicted molar refractivity (Wildman–Crippen MR) is 66.9 cm³/mol. The maximum Gasteiger partial charge on any atom is 0.345 e. The van der Waals surface area contributed by atoms with E-state index in [0.717, 1.165) is 3.58 Å². The van der Waals surface area contributed by atoms with Crippen molar-refractivity contribution >= 4 is 28.6 Å². The standard InChI is InChI=1S/C10H13IN2O3/c1-2-3-16-13-9-5-12(10(13)15)7(6-14)4-8(9)11/h2,4,7,9,14H,1,3,5-6H2/t7-,9-/m0/s1. The summed E-state index contributed by atoms with van der Waals surface area (Å²) in [4.78, 5) is 18.9. The Morgan fingerprint density at radius 1 is 1.75 bits per heavy atom. The van der Waals surface area contributed by atoms with Gasteiger partial charge in [-0.25, -0.2) is 4.79 Å². The van der Waals surface area contributed by atoms with E-state index in [0.29, 0.717) is 13.2 Å². The molecule has 0 aromatic rings. The first-order valence-corrected chi connectivity index (χ1v) is 6.08. The molecule has 5 nitrogen and oxygen atoms in total. The molecule has 0 aromatic heterocycles. The van der Waals surface area contributed by atoms with Gasteiger partial charge in [0.2, 0.25) is 0 Å². The summed E-state index contributed by atoms with van der Waals surface area (Å²) in [5.74, 6) is 0. The molecule has 2 heterocycles. The third-order valence-electron chi connectivity index (χ3n) is 2.68. The van der Waals surface area contributed by atoms with Gasteiger partial charge < -0.3 is 10.0 Å². The third kappa shape index (κ3) is 1.85. The normalized spacial score (nSPS) is 28.4. The fourth-order valence-electron chi connectivity index (χ4n) is 1.89. The molecule has 1 fully saturated rings. The van der Waals surface area contributed by atoms with Crippen molar-refractivity contribution in [1.82, 2.24) is 9.96 Å². The number of hydrogen-bond donors (Lipinski definition) is 1. The van der Waals surface area contributed by atoms with E-state index in [1.165, 1.54) is 5.06 Å². The number of fused-ring (bicyclic) bond motifs is 2. The molecular weight excluding hydrogens is 323 g/mol. The lowest BCUT2D eigenvalue weighted by Crippen LogP contribution is -2.40. The number of urea groups is 1. The summed E-state index contributed by atoms with van der Waals surface area (Å²) >= 11 is 2.18. The molecule has 2 aliphatic rings. The highest BCUT2D eigenvalue weighted by Gasteiger charge is 2.45. The molecule has 0 unspecified atom stereocenters. The lowest BCUT2D eigenvalue weighted by molar-refractivity contribution is -0.108. The monoisotopic (exact) mass is 336 g/mol. The predicted octanol–water partition coefficient (Wildman–Crippen LogP) is 0.904. The van der Waals surface area contributed by atoms with Gasteiger partial charge in [0.1, 0.15) is 6.04 Å². The lowest BCUT2D eigenvalue weighted by Gasteiger charge is -2.25. The molecule has 0 radical (unpaired) electrons. The zero-order chi connectivity index (χ0) is 11.7. The van der Waals surface area contributed by atoms with Gasteiger partial charge in [-0.2, -0.15) is 5.06 Å². The first kappa shape index (κ1) is 11.9. The van der Waals surface area contributed by atoms with Crippen LogP contribution in [0.15, 0.2) is 22.3 Å². The van der Waals surface area contributed by atoms with E-state index in [-0.39, 0.29) is 24.7 Å². The van der Waals surface area contributed by atoms with Crippen LogP contribution in [0.2, 0.25) is 0 Å². The Morgan fingerprint density at radius 3 is 3.12 bits per heavy atom. The van der Waals surface area contributed by atoms with Gasteiger partial charge in [0.05, 0.1) is 25.8 Å². The second kappa shape index (κ2) is 4.72. The Morgan fingerprint density at radius 2 is 2.50 bits per heavy atom. The summed E-state index contributed by atoms with van der Waals surface area (Å²) in [7, 11) is 0. The van der Waals surface area contributed by atoms with Gasteiger partial charge in [0, 0.05) is 3.58 Å². The van der Waals surface area contributed by atoms with E-state index in [2.05, 4.69) is 29.2 Å². The summed E-state index contributed by atoms with van der Waals surface area (Å²) in [6.45, 7) is 4.38. The summed E-state index contributed by atoms with van der Waals surface area (Å²) in [6.07, 6.45) is 3.51. The number of carbonyl (C=O) groups excluding carboxylic acids is 1. The molecule has 0 aromatic carbocycles. The zero-order valence-electron chi connectivity index (χ0n) is 8.67. The van der Waals surface area contributed by atoms with Gasteiger partial charge in [-0.15, -0.1) is 6.58 Å². The summed E-state index contributed by atoms with van der Waals surface area (Å²) in [5, 5.41) is 10.6. The maximum absolute atomic E-state index is 12.0. The number of aliphatic hydroxyl groups is 1. The van der Waals surface area contributed by atoms with Crippen molar-refractivity contribution in [1.29, 1.82) is 0 Å². The number of carbonyl (C=O) groups is 1. The minimum atomic E-state index is -0.229. The molecule has 1 N–H and O–H groups in total. The number of nitrogens with zero attached hydrogens (tertiary/aromatic N) is 2. The van der Waals surface area contributed by atoms with Gasteiger partial charge in [-0.3, -0.25) is 4.84 Å². The van der Waals surface area contributed by atoms with Crippen LogP contribution in [-0.4, -0.2) is 52.9 Å². The van der Waals surface area contributed by atoms with Crippen LogP contribution < -0.4 is 0 Å². The van der Waals surface area contributed by atoms with E-state index in [1.54, 1.807) is 11.0 Å². The Kier molecular flexibility index (Phi) is 3.50. The smallest absolute Gasteiger partial charge is 0.345 e. The minimum absolute atomic E-state index is 0.0455. The van der Waals surface area contributed by atoms with Gasteiger partial charge in [-0.1, -0.05) is 6.08 Å². The number of halogens is 1. The van der Waals surface area contributed by atoms with Crippen molar-refractivity contribution in [3.8, 4) is 0 Å². The van der Waals surface area contributed by atoms with Crippen molar-refractivity contribution in [2.75, 3.05) is 19.8 Å². The van der Waals surface area contributed by atoms with Crippen LogP contribution in [0.25, 0.3) is 0 Å². The molecule has 0 saturated carbocycles. The highest BCUT2D eigenvalue weighted by Crippen LogP contribution is 2.33. The Hall–Kier alpha value is -0.600. The lowest BCUT2D eigenvalue weighted by atomic mass is 10.1. The van der Waals surface area contributed by atoms with E-state index >= 15 is 0 Å². The molecular formula is C10H13IN2O3. The fraction of sp³-hybridized carbons (Fsp3) is 0.500. The van der Waals surface area contributed by atoms with Gasteiger partial charge in [-0.05, 0) is 28.7 Å². The molecule has 2 aliphatic heterocycles. The minimum Gasteiger partial charge on any atom is -0.394 e. The number of hydroxylamine groups is 2. The van der Waals surface area contributed by atoms with Gasteiger partial charge >= 0.3 is 6.03 Å². The van der Waals surface area contributed by atoms with Crippen molar-refractivity contribution in [2.45, 2.75) is 12.1 Å². The molecule has 2 atom stereocenters. The van der Waals surface area contributed by atoms with E-state index in [9.17, 15) is 9.90 Å². The van der Waals surface area contributed by atoms with Crippen LogP contribution in [0.5, 0.6) is 0 Å². The quantitative estimate of drug-likeness (QED) is 0.613. The fourth-order valence-corrected chi connectivity index (χ4v) is 2.75. The molecule has 2 bridgehead atoms. The van der Waals surface area contributed by atoms with Crippen molar-refractivity contribution < 1.29 is 14.7 Å². The zero-order valence-corrected chi connectivity index (χ0v) is 10.8. The van der Waals surface area contributed by atoms with Crippen LogP contribution in [0.4, 0.5) is 4.79 Å². The molecule has 88 valence electrons. The van der Waals surface area contributed by atoms with Gasteiger partial charge in [0.25, 0.3) is 0 Å².